The van der Waals surface area contributed by atoms with E-state index < -0.39 is 0 Å². The second kappa shape index (κ2) is 6.80. The summed E-state index contributed by atoms with van der Waals surface area (Å²) in [4.78, 5) is 0. The summed E-state index contributed by atoms with van der Waals surface area (Å²) < 4.78 is 1.01. The molecule has 0 bridgehead atoms. The minimum absolute atomic E-state index is 0.0790. The van der Waals surface area contributed by atoms with Crippen LogP contribution in [-0.4, -0.2) is 11.4 Å². The molecule has 2 rings (SSSR count). The average Bonchev–Trinajstić information content (AvgIpc) is 2.38. The molecule has 0 spiro atoms. The minimum Gasteiger partial charge on any atom is -0.306 e. The molecular weight excluding hydrogens is 345 g/mol. The molecule has 19 heavy (non-hydrogen) atoms. The summed E-state index contributed by atoms with van der Waals surface area (Å²) in [6.07, 6.45) is 4.90. The predicted molar refractivity (Wildman–Crippen MR) is 87.1 cm³/mol. The second-order valence-corrected chi connectivity index (χ2v) is 7.29. The van der Waals surface area contributed by atoms with Crippen LogP contribution in [0.25, 0.3) is 0 Å². The smallest absolute Gasteiger partial charge is 0.0462 e. The summed E-state index contributed by atoms with van der Waals surface area (Å²) in [5, 5.41) is 4.46. The van der Waals surface area contributed by atoms with Gasteiger partial charge in [-0.1, -0.05) is 53.4 Å². The Morgan fingerprint density at radius 2 is 2.26 bits per heavy atom. The first-order valence-corrected chi connectivity index (χ1v) is 8.50. The van der Waals surface area contributed by atoms with Crippen molar-refractivity contribution in [3.63, 3.8) is 0 Å². The first kappa shape index (κ1) is 15.6. The molecule has 0 saturated heterocycles. The SMILES string of the molecule is CC1CCCC(CCl)(NCc2ccc(Br)cc2Cl)C1. The Bertz CT molecular complexity index is 438. The van der Waals surface area contributed by atoms with Crippen LogP contribution in [0.1, 0.15) is 38.2 Å². The van der Waals surface area contributed by atoms with E-state index in [0.717, 1.165) is 40.4 Å². The third-order valence-electron chi connectivity index (χ3n) is 4.02. The standard InChI is InChI=1S/C15H20BrCl2N/c1-11-3-2-6-15(8-11,10-17)19-9-12-4-5-13(16)7-14(12)18/h4-5,7,11,19H,2-3,6,8-10H2,1H3. The van der Waals surface area contributed by atoms with Crippen LogP contribution in [0, 0.1) is 5.92 Å². The fraction of sp³-hybridized carbons (Fsp3) is 0.600. The van der Waals surface area contributed by atoms with Crippen molar-refractivity contribution < 1.29 is 0 Å². The molecule has 2 unspecified atom stereocenters. The van der Waals surface area contributed by atoms with Gasteiger partial charge < -0.3 is 5.32 Å². The molecule has 1 aliphatic carbocycles. The molecule has 0 heterocycles. The van der Waals surface area contributed by atoms with Crippen molar-refractivity contribution in [2.75, 3.05) is 5.88 Å². The summed E-state index contributed by atoms with van der Waals surface area (Å²) in [6, 6.07) is 6.03. The van der Waals surface area contributed by atoms with Crippen molar-refractivity contribution in [2.24, 2.45) is 5.92 Å². The molecule has 4 heteroatoms. The largest absolute Gasteiger partial charge is 0.306 e. The maximum absolute atomic E-state index is 6.26. The normalized spacial score (nSPS) is 27.5. The van der Waals surface area contributed by atoms with E-state index in [2.05, 4.69) is 34.2 Å². The molecule has 2 atom stereocenters. The van der Waals surface area contributed by atoms with E-state index in [-0.39, 0.29) is 5.54 Å². The Hall–Kier alpha value is 0.240. The van der Waals surface area contributed by atoms with E-state index in [0.29, 0.717) is 5.88 Å². The summed E-state index contributed by atoms with van der Waals surface area (Å²) in [5.74, 6) is 1.42. The fourth-order valence-electron chi connectivity index (χ4n) is 2.94. The number of hydrogen-bond donors (Lipinski definition) is 1. The van der Waals surface area contributed by atoms with Gasteiger partial charge >= 0.3 is 0 Å². The third kappa shape index (κ3) is 4.10. The highest BCUT2D eigenvalue weighted by Gasteiger charge is 2.33. The lowest BCUT2D eigenvalue weighted by atomic mass is 9.77. The summed E-state index contributed by atoms with van der Waals surface area (Å²) in [5.41, 5.74) is 1.21. The summed E-state index contributed by atoms with van der Waals surface area (Å²) >= 11 is 15.9. The lowest BCUT2D eigenvalue weighted by Gasteiger charge is -2.39. The maximum atomic E-state index is 6.26. The van der Waals surface area contributed by atoms with Gasteiger partial charge in [-0.05, 0) is 36.5 Å². The molecule has 1 aromatic carbocycles. The molecule has 1 saturated carbocycles. The maximum Gasteiger partial charge on any atom is 0.0462 e. The van der Waals surface area contributed by atoms with E-state index in [1.54, 1.807) is 0 Å². The topological polar surface area (TPSA) is 12.0 Å². The molecule has 0 aliphatic heterocycles. The van der Waals surface area contributed by atoms with Crippen LogP contribution in [0.4, 0.5) is 0 Å². The predicted octanol–water partition coefficient (Wildman–Crippen LogP) is 5.38. The molecule has 106 valence electrons. The zero-order chi connectivity index (χ0) is 13.9. The van der Waals surface area contributed by atoms with Gasteiger partial charge in [0.15, 0.2) is 0 Å². The van der Waals surface area contributed by atoms with Crippen LogP contribution in [0.2, 0.25) is 5.02 Å². The van der Waals surface area contributed by atoms with E-state index in [1.165, 1.54) is 12.8 Å². The van der Waals surface area contributed by atoms with Crippen molar-refractivity contribution in [3.05, 3.63) is 33.3 Å². The Labute approximate surface area is 134 Å². The minimum atomic E-state index is 0.0790. The van der Waals surface area contributed by atoms with E-state index in [9.17, 15) is 0 Å². The van der Waals surface area contributed by atoms with Crippen molar-refractivity contribution in [3.8, 4) is 0 Å². The Morgan fingerprint density at radius 3 is 2.89 bits per heavy atom. The monoisotopic (exact) mass is 363 g/mol. The average molecular weight is 365 g/mol. The van der Waals surface area contributed by atoms with Gasteiger partial charge in [-0.25, -0.2) is 0 Å². The summed E-state index contributed by atoms with van der Waals surface area (Å²) in [7, 11) is 0. The number of rotatable bonds is 4. The molecule has 0 radical (unpaired) electrons. The van der Waals surface area contributed by atoms with Crippen LogP contribution in [0.5, 0.6) is 0 Å². The molecule has 0 aromatic heterocycles. The number of hydrogen-bond acceptors (Lipinski definition) is 1. The van der Waals surface area contributed by atoms with Crippen molar-refractivity contribution in [1.82, 2.24) is 5.32 Å². The van der Waals surface area contributed by atoms with Crippen molar-refractivity contribution >= 4 is 39.1 Å². The van der Waals surface area contributed by atoms with Gasteiger partial charge in [-0.15, -0.1) is 11.6 Å². The van der Waals surface area contributed by atoms with Crippen molar-refractivity contribution in [1.29, 1.82) is 0 Å². The molecule has 0 amide bonds. The molecule has 1 fully saturated rings. The Kier molecular flexibility index (Phi) is 5.59. The summed E-state index contributed by atoms with van der Waals surface area (Å²) in [6.45, 7) is 3.10. The highest BCUT2D eigenvalue weighted by atomic mass is 79.9. The van der Waals surface area contributed by atoms with Crippen LogP contribution in [0.15, 0.2) is 22.7 Å². The first-order chi connectivity index (χ1) is 9.04. The molecule has 1 aromatic rings. The highest BCUT2D eigenvalue weighted by Crippen LogP contribution is 2.34. The lowest BCUT2D eigenvalue weighted by Crippen LogP contribution is -2.49. The lowest BCUT2D eigenvalue weighted by molar-refractivity contribution is 0.207. The molecule has 1 aliphatic rings. The van der Waals surface area contributed by atoms with Crippen LogP contribution in [0.3, 0.4) is 0 Å². The van der Waals surface area contributed by atoms with Crippen LogP contribution >= 0.6 is 39.1 Å². The third-order valence-corrected chi connectivity index (χ3v) is 5.37. The van der Waals surface area contributed by atoms with Crippen LogP contribution < -0.4 is 5.32 Å². The molecule has 1 N–H and O–H groups in total. The second-order valence-electron chi connectivity index (χ2n) is 5.70. The van der Waals surface area contributed by atoms with Gasteiger partial charge in [0.1, 0.15) is 0 Å². The van der Waals surface area contributed by atoms with Gasteiger partial charge in [0.25, 0.3) is 0 Å². The van der Waals surface area contributed by atoms with Gasteiger partial charge in [0, 0.05) is 27.5 Å². The van der Waals surface area contributed by atoms with Crippen molar-refractivity contribution in [2.45, 2.75) is 44.7 Å². The van der Waals surface area contributed by atoms with Gasteiger partial charge in [0.05, 0.1) is 0 Å². The van der Waals surface area contributed by atoms with E-state index in [4.69, 9.17) is 23.2 Å². The number of benzene rings is 1. The van der Waals surface area contributed by atoms with E-state index >= 15 is 0 Å². The van der Waals surface area contributed by atoms with Gasteiger partial charge in [-0.2, -0.15) is 0 Å². The molecule has 1 nitrogen and oxygen atoms in total. The van der Waals surface area contributed by atoms with Gasteiger partial charge in [0.2, 0.25) is 0 Å². The fourth-order valence-corrected chi connectivity index (χ4v) is 4.01. The number of alkyl halides is 1. The zero-order valence-electron chi connectivity index (χ0n) is 11.2. The Balaban J connectivity index is 2.03. The van der Waals surface area contributed by atoms with Crippen LogP contribution in [-0.2, 0) is 6.54 Å². The molecular formula is C15H20BrCl2N. The number of nitrogens with one attached hydrogen (secondary N) is 1. The quantitative estimate of drug-likeness (QED) is 0.707. The number of halogens is 3. The zero-order valence-corrected chi connectivity index (χ0v) is 14.3. The highest BCUT2D eigenvalue weighted by molar-refractivity contribution is 9.10. The first-order valence-electron chi connectivity index (χ1n) is 6.79. The Morgan fingerprint density at radius 1 is 1.47 bits per heavy atom. The van der Waals surface area contributed by atoms with Gasteiger partial charge in [-0.3, -0.25) is 0 Å². The van der Waals surface area contributed by atoms with E-state index in [1.807, 2.05) is 12.1 Å².